The minimum absolute atomic E-state index is 0.175. The summed E-state index contributed by atoms with van der Waals surface area (Å²) in [6.45, 7) is 2.34. The number of aliphatic hydroxyl groups excluding tert-OH is 1. The Morgan fingerprint density at radius 2 is 2.04 bits per heavy atom. The largest absolute Gasteiger partial charge is 0.462 e. The SMILES string of the molecule is Cc1ccc(/C=C/C(=O)NCC2(C(O)c3ccccc3)CC2)o1. The molecule has 1 unspecified atom stereocenters. The summed E-state index contributed by atoms with van der Waals surface area (Å²) in [7, 11) is 0. The molecule has 23 heavy (non-hydrogen) atoms. The molecular formula is C19H21NO3. The maximum atomic E-state index is 11.9. The Hall–Kier alpha value is -2.33. The lowest BCUT2D eigenvalue weighted by Gasteiger charge is -2.22. The predicted octanol–water partition coefficient (Wildman–Crippen LogP) is 3.23. The van der Waals surface area contributed by atoms with Crippen LogP contribution < -0.4 is 5.32 Å². The molecule has 120 valence electrons. The third-order valence-corrected chi connectivity index (χ3v) is 4.36. The Morgan fingerprint density at radius 1 is 1.30 bits per heavy atom. The molecule has 2 N–H and O–H groups in total. The molecule has 4 heteroatoms. The summed E-state index contributed by atoms with van der Waals surface area (Å²) in [5.74, 6) is 1.29. The Bertz CT molecular complexity index is 698. The van der Waals surface area contributed by atoms with Crippen LogP contribution in [0.2, 0.25) is 0 Å². The van der Waals surface area contributed by atoms with Gasteiger partial charge in [0.1, 0.15) is 11.5 Å². The highest BCUT2D eigenvalue weighted by Gasteiger charge is 2.49. The second-order valence-corrected chi connectivity index (χ2v) is 6.18. The zero-order chi connectivity index (χ0) is 16.3. The minimum Gasteiger partial charge on any atom is -0.462 e. The fraction of sp³-hybridized carbons (Fsp3) is 0.316. The molecule has 1 aliphatic rings. The molecule has 4 nitrogen and oxygen atoms in total. The van der Waals surface area contributed by atoms with E-state index in [1.807, 2.05) is 49.4 Å². The van der Waals surface area contributed by atoms with Crippen LogP contribution in [0, 0.1) is 12.3 Å². The van der Waals surface area contributed by atoms with Crippen molar-refractivity contribution in [3.63, 3.8) is 0 Å². The lowest BCUT2D eigenvalue weighted by atomic mass is 9.92. The van der Waals surface area contributed by atoms with E-state index in [9.17, 15) is 9.90 Å². The van der Waals surface area contributed by atoms with Gasteiger partial charge in [-0.3, -0.25) is 4.79 Å². The van der Waals surface area contributed by atoms with Gasteiger partial charge >= 0.3 is 0 Å². The van der Waals surface area contributed by atoms with Crippen LogP contribution >= 0.6 is 0 Å². The van der Waals surface area contributed by atoms with Crippen molar-refractivity contribution in [1.29, 1.82) is 0 Å². The van der Waals surface area contributed by atoms with Gasteiger partial charge in [0.25, 0.3) is 0 Å². The number of hydrogen-bond donors (Lipinski definition) is 2. The zero-order valence-corrected chi connectivity index (χ0v) is 13.2. The van der Waals surface area contributed by atoms with Gasteiger partial charge < -0.3 is 14.8 Å². The minimum atomic E-state index is -0.541. The van der Waals surface area contributed by atoms with E-state index in [0.29, 0.717) is 12.3 Å². The van der Waals surface area contributed by atoms with E-state index in [-0.39, 0.29) is 11.3 Å². The Balaban J connectivity index is 1.55. The van der Waals surface area contributed by atoms with Gasteiger partial charge in [0.2, 0.25) is 5.91 Å². The van der Waals surface area contributed by atoms with Crippen LogP contribution in [-0.2, 0) is 4.79 Å². The summed E-state index contributed by atoms with van der Waals surface area (Å²) >= 11 is 0. The molecule has 3 rings (SSSR count). The van der Waals surface area contributed by atoms with Crippen molar-refractivity contribution in [2.45, 2.75) is 25.9 Å². The van der Waals surface area contributed by atoms with Crippen LogP contribution in [0.5, 0.6) is 0 Å². The third-order valence-electron chi connectivity index (χ3n) is 4.36. The molecule has 1 fully saturated rings. The first kappa shape index (κ1) is 15.6. The van der Waals surface area contributed by atoms with Crippen LogP contribution in [0.15, 0.2) is 53.0 Å². The first-order chi connectivity index (χ1) is 11.1. The standard InChI is InChI=1S/C19H21NO3/c1-14-7-8-16(23-14)9-10-17(21)20-13-19(11-12-19)18(22)15-5-3-2-4-6-15/h2-10,18,22H,11-13H2,1H3,(H,20,21)/b10-9+. The van der Waals surface area contributed by atoms with E-state index in [4.69, 9.17) is 4.42 Å². The average Bonchev–Trinajstić information content (AvgIpc) is 3.26. The summed E-state index contributed by atoms with van der Waals surface area (Å²) < 4.78 is 5.38. The molecule has 0 saturated heterocycles. The number of amides is 1. The summed E-state index contributed by atoms with van der Waals surface area (Å²) in [6.07, 6.45) is 4.41. The molecule has 1 heterocycles. The average molecular weight is 311 g/mol. The molecule has 1 aromatic heterocycles. The lowest BCUT2D eigenvalue weighted by Crippen LogP contribution is -2.32. The highest BCUT2D eigenvalue weighted by Crippen LogP contribution is 2.54. The summed E-state index contributed by atoms with van der Waals surface area (Å²) in [5, 5.41) is 13.4. The molecule has 0 radical (unpaired) electrons. The molecular weight excluding hydrogens is 290 g/mol. The van der Waals surface area contributed by atoms with Crippen LogP contribution in [-0.4, -0.2) is 17.6 Å². The van der Waals surface area contributed by atoms with Crippen molar-refractivity contribution in [2.24, 2.45) is 5.41 Å². The Labute approximate surface area is 135 Å². The molecule has 2 aromatic rings. The van der Waals surface area contributed by atoms with Gasteiger partial charge in [0.15, 0.2) is 0 Å². The molecule has 0 spiro atoms. The Kier molecular flexibility index (Phi) is 4.35. The van der Waals surface area contributed by atoms with Gasteiger partial charge in [0, 0.05) is 18.0 Å². The summed E-state index contributed by atoms with van der Waals surface area (Å²) in [4.78, 5) is 11.9. The van der Waals surface area contributed by atoms with Crippen molar-refractivity contribution in [3.05, 3.63) is 65.6 Å². The number of carbonyl (C=O) groups is 1. The lowest BCUT2D eigenvalue weighted by molar-refractivity contribution is -0.116. The van der Waals surface area contributed by atoms with Crippen LogP contribution in [0.25, 0.3) is 6.08 Å². The van der Waals surface area contributed by atoms with Crippen LogP contribution in [0.4, 0.5) is 0 Å². The summed E-state index contributed by atoms with van der Waals surface area (Å²) in [5.41, 5.74) is 0.674. The highest BCUT2D eigenvalue weighted by atomic mass is 16.3. The highest BCUT2D eigenvalue weighted by molar-refractivity contribution is 5.91. The number of nitrogens with one attached hydrogen (secondary N) is 1. The van der Waals surface area contributed by atoms with Gasteiger partial charge in [-0.05, 0) is 43.5 Å². The second kappa shape index (κ2) is 6.42. The number of furan rings is 1. The van der Waals surface area contributed by atoms with Gasteiger partial charge in [-0.15, -0.1) is 0 Å². The van der Waals surface area contributed by atoms with Crippen LogP contribution in [0.1, 0.15) is 36.0 Å². The van der Waals surface area contributed by atoms with E-state index in [2.05, 4.69) is 5.32 Å². The van der Waals surface area contributed by atoms with Gasteiger partial charge in [-0.1, -0.05) is 30.3 Å². The van der Waals surface area contributed by atoms with Crippen molar-refractivity contribution in [1.82, 2.24) is 5.32 Å². The van der Waals surface area contributed by atoms with Gasteiger partial charge in [0.05, 0.1) is 6.10 Å². The predicted molar refractivity (Wildman–Crippen MR) is 88.6 cm³/mol. The van der Waals surface area contributed by atoms with Crippen molar-refractivity contribution < 1.29 is 14.3 Å². The molecule has 1 aliphatic carbocycles. The number of aryl methyl sites for hydroxylation is 1. The van der Waals surface area contributed by atoms with E-state index in [1.165, 1.54) is 6.08 Å². The maximum Gasteiger partial charge on any atom is 0.244 e. The molecule has 1 atom stereocenters. The summed E-state index contributed by atoms with van der Waals surface area (Å²) in [6, 6.07) is 13.3. The maximum absolute atomic E-state index is 11.9. The van der Waals surface area contributed by atoms with Gasteiger partial charge in [-0.25, -0.2) is 0 Å². The molecule has 1 saturated carbocycles. The van der Waals surface area contributed by atoms with Gasteiger partial charge in [-0.2, -0.15) is 0 Å². The third kappa shape index (κ3) is 3.71. The van der Waals surface area contributed by atoms with Crippen LogP contribution in [0.3, 0.4) is 0 Å². The fourth-order valence-corrected chi connectivity index (χ4v) is 2.72. The van der Waals surface area contributed by atoms with E-state index < -0.39 is 6.10 Å². The quantitative estimate of drug-likeness (QED) is 0.805. The molecule has 1 amide bonds. The smallest absolute Gasteiger partial charge is 0.244 e. The van der Waals surface area contributed by atoms with Crippen molar-refractivity contribution in [3.8, 4) is 0 Å². The van der Waals surface area contributed by atoms with Crippen molar-refractivity contribution >= 4 is 12.0 Å². The molecule has 1 aromatic carbocycles. The Morgan fingerprint density at radius 3 is 2.65 bits per heavy atom. The van der Waals surface area contributed by atoms with E-state index >= 15 is 0 Å². The normalized spacial score (nSPS) is 17.1. The molecule has 0 bridgehead atoms. The number of benzene rings is 1. The number of hydrogen-bond acceptors (Lipinski definition) is 3. The number of aliphatic hydroxyl groups is 1. The zero-order valence-electron chi connectivity index (χ0n) is 13.2. The first-order valence-electron chi connectivity index (χ1n) is 7.84. The second-order valence-electron chi connectivity index (χ2n) is 6.18. The number of carbonyl (C=O) groups excluding carboxylic acids is 1. The molecule has 0 aliphatic heterocycles. The van der Waals surface area contributed by atoms with Crippen molar-refractivity contribution in [2.75, 3.05) is 6.54 Å². The monoisotopic (exact) mass is 311 g/mol. The van der Waals surface area contributed by atoms with E-state index in [1.54, 1.807) is 6.08 Å². The first-order valence-corrected chi connectivity index (χ1v) is 7.84. The number of rotatable bonds is 6. The topological polar surface area (TPSA) is 62.5 Å². The van der Waals surface area contributed by atoms with E-state index in [0.717, 1.165) is 24.2 Å². The fourth-order valence-electron chi connectivity index (χ4n) is 2.72.